The van der Waals surface area contributed by atoms with Gasteiger partial charge in [0.15, 0.2) is 4.67 Å². The zero-order chi connectivity index (χ0) is 9.97. The summed E-state index contributed by atoms with van der Waals surface area (Å²) in [5.74, 6) is 7.26. The Labute approximate surface area is 92.1 Å². The van der Waals surface area contributed by atoms with E-state index in [2.05, 4.69) is 21.4 Å². The number of halogens is 1. The van der Waals surface area contributed by atoms with E-state index in [-0.39, 0.29) is 6.04 Å². The number of nitrogens with two attached hydrogens (primary N) is 1. The number of hydrazine groups is 1. The summed E-state index contributed by atoms with van der Waals surface area (Å²) >= 11 is 3.29. The summed E-state index contributed by atoms with van der Waals surface area (Å²) in [4.78, 5) is 0. The van der Waals surface area contributed by atoms with E-state index < -0.39 is 0 Å². The van der Waals surface area contributed by atoms with Gasteiger partial charge in [0.05, 0.1) is 6.04 Å². The van der Waals surface area contributed by atoms with Gasteiger partial charge in [-0.25, -0.2) is 5.43 Å². The van der Waals surface area contributed by atoms with Gasteiger partial charge < -0.3 is 4.42 Å². The zero-order valence-electron chi connectivity index (χ0n) is 8.00. The maximum absolute atomic E-state index is 5.52. The average molecular weight is 259 g/mol. The summed E-state index contributed by atoms with van der Waals surface area (Å²) in [7, 11) is 0. The minimum Gasteiger partial charge on any atom is -0.453 e. The fourth-order valence-electron chi connectivity index (χ4n) is 1.84. The van der Waals surface area contributed by atoms with Crippen LogP contribution in [0.5, 0.6) is 0 Å². The van der Waals surface area contributed by atoms with Crippen LogP contribution in [0.25, 0.3) is 0 Å². The molecule has 4 heteroatoms. The van der Waals surface area contributed by atoms with E-state index in [0.717, 1.165) is 22.8 Å². The maximum Gasteiger partial charge on any atom is 0.169 e. The van der Waals surface area contributed by atoms with Gasteiger partial charge in [-0.05, 0) is 40.4 Å². The van der Waals surface area contributed by atoms with Crippen LogP contribution < -0.4 is 11.3 Å². The van der Waals surface area contributed by atoms with Gasteiger partial charge in [0.25, 0.3) is 0 Å². The van der Waals surface area contributed by atoms with Crippen LogP contribution >= 0.6 is 15.9 Å². The van der Waals surface area contributed by atoms with E-state index in [0.29, 0.717) is 0 Å². The van der Waals surface area contributed by atoms with Crippen LogP contribution in [-0.4, -0.2) is 0 Å². The highest BCUT2D eigenvalue weighted by atomic mass is 79.9. The standard InChI is InChI=1S/C10H15BrN2O/c11-10-5-4-9(14-10)8(13-12)6-7-2-1-3-7/h4-5,7-8,13H,1-3,6,12H2. The molecule has 1 aliphatic carbocycles. The molecule has 1 aromatic rings. The largest absolute Gasteiger partial charge is 0.453 e. The van der Waals surface area contributed by atoms with E-state index >= 15 is 0 Å². The summed E-state index contributed by atoms with van der Waals surface area (Å²) in [6.45, 7) is 0. The first kappa shape index (κ1) is 10.2. The Morgan fingerprint density at radius 2 is 2.36 bits per heavy atom. The monoisotopic (exact) mass is 258 g/mol. The lowest BCUT2D eigenvalue weighted by Crippen LogP contribution is -2.30. The number of rotatable bonds is 4. The molecule has 1 aliphatic rings. The molecule has 2 rings (SSSR count). The molecule has 0 bridgehead atoms. The molecule has 0 amide bonds. The van der Waals surface area contributed by atoms with Crippen molar-refractivity contribution in [2.45, 2.75) is 31.7 Å². The lowest BCUT2D eigenvalue weighted by atomic mass is 9.80. The molecule has 0 aliphatic heterocycles. The highest BCUT2D eigenvalue weighted by Crippen LogP contribution is 2.35. The normalized spacial score (nSPS) is 19.3. The summed E-state index contributed by atoms with van der Waals surface area (Å²) in [5, 5.41) is 0. The van der Waals surface area contributed by atoms with Crippen molar-refractivity contribution in [3.05, 3.63) is 22.6 Å². The predicted molar refractivity (Wildman–Crippen MR) is 58.4 cm³/mol. The molecule has 78 valence electrons. The Morgan fingerprint density at radius 1 is 1.57 bits per heavy atom. The molecule has 1 unspecified atom stereocenters. The summed E-state index contributed by atoms with van der Waals surface area (Å²) < 4.78 is 6.25. The van der Waals surface area contributed by atoms with Crippen molar-refractivity contribution in [2.75, 3.05) is 0 Å². The number of hydrogen-bond acceptors (Lipinski definition) is 3. The lowest BCUT2D eigenvalue weighted by Gasteiger charge is -2.28. The second kappa shape index (κ2) is 4.47. The van der Waals surface area contributed by atoms with Gasteiger partial charge in [0, 0.05) is 0 Å². The zero-order valence-corrected chi connectivity index (χ0v) is 9.59. The molecular formula is C10H15BrN2O. The summed E-state index contributed by atoms with van der Waals surface area (Å²) in [6.07, 6.45) is 5.11. The van der Waals surface area contributed by atoms with Crippen LogP contribution in [0.3, 0.4) is 0 Å². The quantitative estimate of drug-likeness (QED) is 0.645. The van der Waals surface area contributed by atoms with Gasteiger partial charge >= 0.3 is 0 Å². The molecule has 1 fully saturated rings. The maximum atomic E-state index is 5.52. The Hall–Kier alpha value is -0.320. The van der Waals surface area contributed by atoms with E-state index in [4.69, 9.17) is 10.3 Å². The van der Waals surface area contributed by atoms with Crippen LogP contribution in [0.4, 0.5) is 0 Å². The van der Waals surface area contributed by atoms with Crippen LogP contribution in [0.1, 0.15) is 37.5 Å². The van der Waals surface area contributed by atoms with Crippen molar-refractivity contribution >= 4 is 15.9 Å². The number of nitrogens with one attached hydrogen (secondary N) is 1. The van der Waals surface area contributed by atoms with Gasteiger partial charge in [0.1, 0.15) is 5.76 Å². The van der Waals surface area contributed by atoms with Gasteiger partial charge in [0.2, 0.25) is 0 Å². The first-order chi connectivity index (χ1) is 6.79. The molecule has 0 aromatic carbocycles. The van der Waals surface area contributed by atoms with E-state index in [9.17, 15) is 0 Å². The van der Waals surface area contributed by atoms with E-state index in [1.54, 1.807) is 0 Å². The van der Waals surface area contributed by atoms with Gasteiger partial charge in [-0.2, -0.15) is 0 Å². The molecule has 0 saturated heterocycles. The Balaban J connectivity index is 1.97. The summed E-state index contributed by atoms with van der Waals surface area (Å²) in [5.41, 5.74) is 2.82. The molecule has 0 spiro atoms. The Kier molecular flexibility index (Phi) is 3.26. The van der Waals surface area contributed by atoms with E-state index in [1.165, 1.54) is 19.3 Å². The van der Waals surface area contributed by atoms with Crippen LogP contribution in [0, 0.1) is 5.92 Å². The van der Waals surface area contributed by atoms with Crippen LogP contribution in [-0.2, 0) is 0 Å². The predicted octanol–water partition coefficient (Wildman–Crippen LogP) is 2.74. The SMILES string of the molecule is NNC(CC1CCC1)c1ccc(Br)o1. The Bertz CT molecular complexity index is 296. The third kappa shape index (κ3) is 2.19. The highest BCUT2D eigenvalue weighted by Gasteiger charge is 2.24. The van der Waals surface area contributed by atoms with Gasteiger partial charge in [-0.15, -0.1) is 0 Å². The van der Waals surface area contributed by atoms with Crippen molar-refractivity contribution in [1.82, 2.24) is 5.43 Å². The molecule has 14 heavy (non-hydrogen) atoms. The van der Waals surface area contributed by atoms with Crippen molar-refractivity contribution in [3.63, 3.8) is 0 Å². The van der Waals surface area contributed by atoms with Crippen molar-refractivity contribution in [1.29, 1.82) is 0 Å². The van der Waals surface area contributed by atoms with Crippen molar-refractivity contribution in [3.8, 4) is 0 Å². The topological polar surface area (TPSA) is 51.2 Å². The summed E-state index contributed by atoms with van der Waals surface area (Å²) in [6, 6.07) is 4.03. The van der Waals surface area contributed by atoms with Crippen molar-refractivity contribution < 1.29 is 4.42 Å². The van der Waals surface area contributed by atoms with Gasteiger partial charge in [-0.1, -0.05) is 19.3 Å². The third-order valence-electron chi connectivity index (χ3n) is 2.93. The van der Waals surface area contributed by atoms with Gasteiger partial charge in [-0.3, -0.25) is 5.84 Å². The first-order valence-electron chi connectivity index (χ1n) is 5.01. The molecule has 1 saturated carbocycles. The third-order valence-corrected chi connectivity index (χ3v) is 3.36. The average Bonchev–Trinajstić information content (AvgIpc) is 2.50. The van der Waals surface area contributed by atoms with Crippen molar-refractivity contribution in [2.24, 2.45) is 11.8 Å². The molecule has 1 atom stereocenters. The van der Waals surface area contributed by atoms with Crippen LogP contribution in [0.15, 0.2) is 21.2 Å². The first-order valence-corrected chi connectivity index (χ1v) is 5.80. The number of hydrogen-bond donors (Lipinski definition) is 2. The lowest BCUT2D eigenvalue weighted by molar-refractivity contribution is 0.246. The second-order valence-corrected chi connectivity index (χ2v) is 4.68. The molecule has 1 aromatic heterocycles. The minimum absolute atomic E-state index is 0.159. The van der Waals surface area contributed by atoms with E-state index in [1.807, 2.05) is 12.1 Å². The highest BCUT2D eigenvalue weighted by molar-refractivity contribution is 9.10. The number of furan rings is 1. The minimum atomic E-state index is 0.159. The fourth-order valence-corrected chi connectivity index (χ4v) is 2.16. The second-order valence-electron chi connectivity index (χ2n) is 3.89. The molecule has 3 nitrogen and oxygen atoms in total. The smallest absolute Gasteiger partial charge is 0.169 e. The molecular weight excluding hydrogens is 244 g/mol. The molecule has 1 heterocycles. The Morgan fingerprint density at radius 3 is 2.79 bits per heavy atom. The fraction of sp³-hybridized carbons (Fsp3) is 0.600. The molecule has 3 N–H and O–H groups in total. The molecule has 0 radical (unpaired) electrons. The van der Waals surface area contributed by atoms with Crippen LogP contribution in [0.2, 0.25) is 0 Å².